The molecule has 9 heteroatoms. The number of amides is 1. The van der Waals surface area contributed by atoms with Crippen molar-refractivity contribution in [1.82, 2.24) is 4.90 Å². The molecule has 0 spiro atoms. The lowest BCUT2D eigenvalue weighted by Crippen LogP contribution is -2.28. The standard InChI is InChI=1S/C28H29N3O5S/c1-19(2)18-36-24-12-9-21(14-25(24)34-4)15-26-27(32)31(17-23-6-5-13-35-23)28(37-26)30-29-16-20-7-10-22(33-3)11-8-20/h5-16,19H,17-18H2,1-4H3/b26-15-,29-16-,30-28+. The molecule has 1 aromatic heterocycles. The molecule has 1 saturated heterocycles. The summed E-state index contributed by atoms with van der Waals surface area (Å²) in [5, 5.41) is 9.03. The van der Waals surface area contributed by atoms with Crippen molar-refractivity contribution in [1.29, 1.82) is 0 Å². The third-order valence-corrected chi connectivity index (χ3v) is 6.30. The molecule has 1 amide bonds. The van der Waals surface area contributed by atoms with Gasteiger partial charge >= 0.3 is 0 Å². The minimum Gasteiger partial charge on any atom is -0.497 e. The summed E-state index contributed by atoms with van der Waals surface area (Å²) in [7, 11) is 3.22. The van der Waals surface area contributed by atoms with Crippen LogP contribution in [0, 0.1) is 5.92 Å². The number of nitrogens with zero attached hydrogens (tertiary/aromatic N) is 3. The van der Waals surface area contributed by atoms with Crippen molar-refractivity contribution in [2.45, 2.75) is 20.4 Å². The van der Waals surface area contributed by atoms with Crippen molar-refractivity contribution in [3.8, 4) is 17.2 Å². The first-order valence-electron chi connectivity index (χ1n) is 11.8. The normalized spacial score (nSPS) is 15.9. The van der Waals surface area contributed by atoms with Crippen LogP contribution in [0.25, 0.3) is 6.08 Å². The van der Waals surface area contributed by atoms with Gasteiger partial charge in [-0.3, -0.25) is 9.69 Å². The van der Waals surface area contributed by atoms with Crippen LogP contribution in [0.2, 0.25) is 0 Å². The highest BCUT2D eigenvalue weighted by Crippen LogP contribution is 2.35. The number of hydrogen-bond acceptors (Lipinski definition) is 8. The summed E-state index contributed by atoms with van der Waals surface area (Å²) in [6, 6.07) is 16.7. The fourth-order valence-electron chi connectivity index (χ4n) is 3.42. The number of carbonyl (C=O) groups is 1. The molecule has 0 atom stereocenters. The number of amidine groups is 1. The number of furan rings is 1. The molecule has 2 heterocycles. The Morgan fingerprint density at radius 2 is 1.81 bits per heavy atom. The van der Waals surface area contributed by atoms with Gasteiger partial charge < -0.3 is 18.6 Å². The quantitative estimate of drug-likeness (QED) is 0.190. The van der Waals surface area contributed by atoms with E-state index in [9.17, 15) is 4.79 Å². The van der Waals surface area contributed by atoms with Crippen molar-refractivity contribution in [2.24, 2.45) is 16.1 Å². The van der Waals surface area contributed by atoms with Crippen LogP contribution in [0.5, 0.6) is 17.2 Å². The SMILES string of the molecule is COc1ccc(/C=N\N=C2\S/C(=C\c3ccc(OCC(C)C)c(OC)c3)C(=O)N2Cc2ccco2)cc1. The van der Waals surface area contributed by atoms with Gasteiger partial charge in [0, 0.05) is 0 Å². The van der Waals surface area contributed by atoms with E-state index in [4.69, 9.17) is 18.6 Å². The molecule has 1 fully saturated rings. The summed E-state index contributed by atoms with van der Waals surface area (Å²) in [6.07, 6.45) is 5.02. The van der Waals surface area contributed by atoms with Crippen LogP contribution in [0.15, 0.2) is 80.4 Å². The second-order valence-electron chi connectivity index (χ2n) is 8.60. The second-order valence-corrected chi connectivity index (χ2v) is 9.61. The first-order valence-corrected chi connectivity index (χ1v) is 12.6. The van der Waals surface area contributed by atoms with Gasteiger partial charge in [0.15, 0.2) is 16.7 Å². The monoisotopic (exact) mass is 519 g/mol. The lowest BCUT2D eigenvalue weighted by Gasteiger charge is -2.13. The van der Waals surface area contributed by atoms with Gasteiger partial charge in [0.25, 0.3) is 5.91 Å². The zero-order chi connectivity index (χ0) is 26.2. The second kappa shape index (κ2) is 12.3. The number of carbonyl (C=O) groups excluding carboxylic acids is 1. The lowest BCUT2D eigenvalue weighted by molar-refractivity contribution is -0.122. The number of hydrogen-bond donors (Lipinski definition) is 0. The third kappa shape index (κ3) is 6.83. The van der Waals surface area contributed by atoms with E-state index in [1.807, 2.05) is 54.6 Å². The Morgan fingerprint density at radius 1 is 1.03 bits per heavy atom. The Morgan fingerprint density at radius 3 is 2.49 bits per heavy atom. The zero-order valence-corrected chi connectivity index (χ0v) is 22.0. The molecule has 0 N–H and O–H groups in total. The summed E-state index contributed by atoms with van der Waals surface area (Å²) in [6.45, 7) is 5.01. The van der Waals surface area contributed by atoms with Gasteiger partial charge in [0.1, 0.15) is 11.5 Å². The molecule has 0 bridgehead atoms. The molecule has 3 aromatic rings. The summed E-state index contributed by atoms with van der Waals surface area (Å²) in [5.41, 5.74) is 1.67. The maximum atomic E-state index is 13.3. The molecule has 37 heavy (non-hydrogen) atoms. The smallest absolute Gasteiger partial charge is 0.267 e. The van der Waals surface area contributed by atoms with Gasteiger partial charge in [0.05, 0.1) is 44.8 Å². The van der Waals surface area contributed by atoms with E-state index in [2.05, 4.69) is 24.1 Å². The molecular weight excluding hydrogens is 490 g/mol. The van der Waals surface area contributed by atoms with Crippen molar-refractivity contribution >= 4 is 35.1 Å². The number of rotatable bonds is 10. The van der Waals surface area contributed by atoms with Crippen molar-refractivity contribution < 1.29 is 23.4 Å². The van der Waals surface area contributed by atoms with Crippen LogP contribution in [0.1, 0.15) is 30.7 Å². The Kier molecular flexibility index (Phi) is 8.68. The van der Waals surface area contributed by atoms with E-state index in [0.717, 1.165) is 16.9 Å². The maximum Gasteiger partial charge on any atom is 0.267 e. The van der Waals surface area contributed by atoms with E-state index in [-0.39, 0.29) is 12.5 Å². The average Bonchev–Trinajstić information content (AvgIpc) is 3.52. The fraction of sp³-hybridized carbons (Fsp3) is 0.250. The summed E-state index contributed by atoms with van der Waals surface area (Å²) < 4.78 is 22.0. The molecule has 0 aliphatic carbocycles. The topological polar surface area (TPSA) is 85.9 Å². The van der Waals surface area contributed by atoms with Crippen molar-refractivity contribution in [3.63, 3.8) is 0 Å². The zero-order valence-electron chi connectivity index (χ0n) is 21.2. The van der Waals surface area contributed by atoms with E-state index in [1.54, 1.807) is 37.7 Å². The summed E-state index contributed by atoms with van der Waals surface area (Å²) >= 11 is 1.26. The van der Waals surface area contributed by atoms with Gasteiger partial charge in [-0.25, -0.2) is 0 Å². The van der Waals surface area contributed by atoms with Crippen LogP contribution in [0.4, 0.5) is 0 Å². The molecule has 1 aliphatic heterocycles. The van der Waals surface area contributed by atoms with Gasteiger partial charge in [-0.15, -0.1) is 5.10 Å². The van der Waals surface area contributed by atoms with Crippen LogP contribution in [-0.4, -0.2) is 43.0 Å². The van der Waals surface area contributed by atoms with Crippen molar-refractivity contribution in [3.05, 3.63) is 82.7 Å². The first-order chi connectivity index (χ1) is 18.0. The largest absolute Gasteiger partial charge is 0.497 e. The highest BCUT2D eigenvalue weighted by molar-refractivity contribution is 8.18. The number of ether oxygens (including phenoxy) is 3. The highest BCUT2D eigenvalue weighted by atomic mass is 32.2. The molecule has 2 aromatic carbocycles. The molecule has 0 saturated carbocycles. The molecule has 0 unspecified atom stereocenters. The fourth-order valence-corrected chi connectivity index (χ4v) is 4.35. The highest BCUT2D eigenvalue weighted by Gasteiger charge is 2.34. The third-order valence-electron chi connectivity index (χ3n) is 5.31. The van der Waals surface area contributed by atoms with Crippen molar-refractivity contribution in [2.75, 3.05) is 20.8 Å². The van der Waals surface area contributed by atoms with Crippen LogP contribution in [-0.2, 0) is 11.3 Å². The Labute approximate surface area is 220 Å². The lowest BCUT2D eigenvalue weighted by atomic mass is 10.1. The van der Waals surface area contributed by atoms with E-state index >= 15 is 0 Å². The number of thioether (sulfide) groups is 1. The molecule has 8 nitrogen and oxygen atoms in total. The van der Waals surface area contributed by atoms with E-state index < -0.39 is 0 Å². The summed E-state index contributed by atoms with van der Waals surface area (Å²) in [5.74, 6) is 2.89. The van der Waals surface area contributed by atoms with Gasteiger partial charge in [-0.05, 0) is 83.4 Å². The van der Waals surface area contributed by atoms with E-state index in [1.165, 1.54) is 11.8 Å². The molecule has 192 valence electrons. The van der Waals surface area contributed by atoms with Gasteiger partial charge in [-0.2, -0.15) is 5.10 Å². The molecular formula is C28H29N3O5S. The summed E-state index contributed by atoms with van der Waals surface area (Å²) in [4.78, 5) is 15.4. The predicted molar refractivity (Wildman–Crippen MR) is 146 cm³/mol. The predicted octanol–water partition coefficient (Wildman–Crippen LogP) is 5.84. The van der Waals surface area contributed by atoms with Crippen LogP contribution in [0.3, 0.4) is 0 Å². The maximum absolute atomic E-state index is 13.3. The van der Waals surface area contributed by atoms with E-state index in [0.29, 0.717) is 39.9 Å². The number of methoxy groups -OCH3 is 2. The van der Waals surface area contributed by atoms with Crippen LogP contribution < -0.4 is 14.2 Å². The van der Waals surface area contributed by atoms with Gasteiger partial charge in [0.2, 0.25) is 0 Å². The Hall–Kier alpha value is -3.98. The van der Waals surface area contributed by atoms with Gasteiger partial charge in [-0.1, -0.05) is 19.9 Å². The molecule has 4 rings (SSSR count). The number of benzene rings is 2. The Balaban J connectivity index is 1.58. The molecule has 0 radical (unpaired) electrons. The molecule has 1 aliphatic rings. The first kappa shape index (κ1) is 26.1. The Bertz CT molecular complexity index is 1300. The minimum absolute atomic E-state index is 0.182. The van der Waals surface area contributed by atoms with Crippen LogP contribution >= 0.6 is 11.8 Å². The average molecular weight is 520 g/mol. The minimum atomic E-state index is -0.182.